The monoisotopic (exact) mass is 240 g/mol. The molecule has 1 atom stereocenters. The number of hydrogen-bond donors (Lipinski definition) is 0. The van der Waals surface area contributed by atoms with Crippen LogP contribution in [-0.4, -0.2) is 18.1 Å². The van der Waals surface area contributed by atoms with Crippen LogP contribution in [0.15, 0.2) is 18.3 Å². The maximum atomic E-state index is 5.83. The molecule has 0 bridgehead atoms. The molecule has 0 saturated carbocycles. The van der Waals surface area contributed by atoms with Gasteiger partial charge in [-0.3, -0.25) is 0 Å². The van der Waals surface area contributed by atoms with Crippen LogP contribution < -0.4 is 4.90 Å². The summed E-state index contributed by atoms with van der Waals surface area (Å²) in [6.07, 6.45) is 3.04. The average molecular weight is 241 g/mol. The summed E-state index contributed by atoms with van der Waals surface area (Å²) in [5.74, 6) is 2.29. The van der Waals surface area contributed by atoms with E-state index in [1.165, 1.54) is 6.42 Å². The first-order valence-electron chi connectivity index (χ1n) is 5.97. The van der Waals surface area contributed by atoms with Crippen molar-refractivity contribution in [2.75, 3.05) is 18.0 Å². The number of rotatable bonds is 6. The lowest BCUT2D eigenvalue weighted by atomic mass is 10.1. The number of alkyl halides is 1. The molecule has 0 radical (unpaired) electrons. The molecule has 1 heterocycles. The molecule has 1 rings (SSSR count). The first kappa shape index (κ1) is 13.3. The maximum Gasteiger partial charge on any atom is 0.128 e. The molecule has 0 fully saturated rings. The second-order valence-corrected chi connectivity index (χ2v) is 4.48. The van der Waals surface area contributed by atoms with E-state index in [0.29, 0.717) is 11.8 Å². The lowest BCUT2D eigenvalue weighted by Crippen LogP contribution is -2.28. The van der Waals surface area contributed by atoms with Crippen molar-refractivity contribution in [3.05, 3.63) is 23.9 Å². The van der Waals surface area contributed by atoms with Gasteiger partial charge in [-0.05, 0) is 30.5 Å². The summed E-state index contributed by atoms with van der Waals surface area (Å²) in [7, 11) is 0. The Bertz CT molecular complexity index is 315. The summed E-state index contributed by atoms with van der Waals surface area (Å²) >= 11 is 5.83. The number of nitrogens with zero attached hydrogens (tertiary/aromatic N) is 2. The zero-order valence-corrected chi connectivity index (χ0v) is 11.2. The van der Waals surface area contributed by atoms with Crippen LogP contribution in [0.1, 0.15) is 32.8 Å². The Morgan fingerprint density at radius 2 is 2.19 bits per heavy atom. The van der Waals surface area contributed by atoms with Crippen LogP contribution >= 0.6 is 11.6 Å². The van der Waals surface area contributed by atoms with Crippen molar-refractivity contribution in [3.63, 3.8) is 0 Å². The van der Waals surface area contributed by atoms with Crippen molar-refractivity contribution in [1.82, 2.24) is 4.98 Å². The Kier molecular flexibility index (Phi) is 5.61. The van der Waals surface area contributed by atoms with Gasteiger partial charge in [-0.1, -0.05) is 20.3 Å². The SMILES string of the molecule is CCC(C)CN(CC)c1cc(CCl)ccn1. The van der Waals surface area contributed by atoms with Crippen LogP contribution in [0.3, 0.4) is 0 Å². The van der Waals surface area contributed by atoms with Gasteiger partial charge in [0.05, 0.1) is 0 Å². The van der Waals surface area contributed by atoms with E-state index < -0.39 is 0 Å². The van der Waals surface area contributed by atoms with Gasteiger partial charge in [0.15, 0.2) is 0 Å². The first-order chi connectivity index (χ1) is 7.71. The summed E-state index contributed by atoms with van der Waals surface area (Å²) < 4.78 is 0. The summed E-state index contributed by atoms with van der Waals surface area (Å²) in [6.45, 7) is 8.71. The highest BCUT2D eigenvalue weighted by Gasteiger charge is 2.09. The fourth-order valence-corrected chi connectivity index (χ4v) is 1.77. The van der Waals surface area contributed by atoms with Crippen molar-refractivity contribution in [1.29, 1.82) is 0 Å². The first-order valence-corrected chi connectivity index (χ1v) is 6.50. The van der Waals surface area contributed by atoms with E-state index in [4.69, 9.17) is 11.6 Å². The second-order valence-electron chi connectivity index (χ2n) is 4.21. The van der Waals surface area contributed by atoms with Gasteiger partial charge >= 0.3 is 0 Å². The quantitative estimate of drug-likeness (QED) is 0.705. The lowest BCUT2D eigenvalue weighted by Gasteiger charge is -2.25. The van der Waals surface area contributed by atoms with Gasteiger partial charge in [-0.15, -0.1) is 11.6 Å². The number of pyridine rings is 1. The molecule has 2 nitrogen and oxygen atoms in total. The van der Waals surface area contributed by atoms with Gasteiger partial charge in [0.2, 0.25) is 0 Å². The van der Waals surface area contributed by atoms with Crippen molar-refractivity contribution in [2.45, 2.75) is 33.1 Å². The van der Waals surface area contributed by atoms with Crippen molar-refractivity contribution in [3.8, 4) is 0 Å². The highest BCUT2D eigenvalue weighted by molar-refractivity contribution is 6.17. The summed E-state index contributed by atoms with van der Waals surface area (Å²) in [6, 6.07) is 4.05. The maximum absolute atomic E-state index is 5.83. The second kappa shape index (κ2) is 6.74. The van der Waals surface area contributed by atoms with Crippen molar-refractivity contribution >= 4 is 17.4 Å². The molecule has 0 spiro atoms. The molecule has 1 unspecified atom stereocenters. The summed E-state index contributed by atoms with van der Waals surface area (Å²) in [5, 5.41) is 0. The third kappa shape index (κ3) is 3.67. The van der Waals surface area contributed by atoms with E-state index in [0.717, 1.165) is 24.5 Å². The minimum absolute atomic E-state index is 0.552. The third-order valence-electron chi connectivity index (χ3n) is 2.90. The van der Waals surface area contributed by atoms with E-state index in [2.05, 4.69) is 36.7 Å². The Hall–Kier alpha value is -0.760. The molecular weight excluding hydrogens is 220 g/mol. The molecule has 1 aromatic rings. The predicted molar refractivity (Wildman–Crippen MR) is 71.1 cm³/mol. The third-order valence-corrected chi connectivity index (χ3v) is 3.21. The highest BCUT2D eigenvalue weighted by Crippen LogP contribution is 2.16. The zero-order chi connectivity index (χ0) is 12.0. The van der Waals surface area contributed by atoms with Crippen LogP contribution in [0.4, 0.5) is 5.82 Å². The fraction of sp³-hybridized carbons (Fsp3) is 0.615. The molecule has 0 aromatic carbocycles. The summed E-state index contributed by atoms with van der Waals surface area (Å²) in [5.41, 5.74) is 1.13. The van der Waals surface area contributed by atoms with Crippen molar-refractivity contribution in [2.24, 2.45) is 5.92 Å². The molecule has 0 amide bonds. The van der Waals surface area contributed by atoms with Crippen LogP contribution in [0, 0.1) is 5.92 Å². The van der Waals surface area contributed by atoms with Gasteiger partial charge < -0.3 is 4.90 Å². The average Bonchev–Trinajstić information content (AvgIpc) is 2.35. The van der Waals surface area contributed by atoms with Crippen LogP contribution in [-0.2, 0) is 5.88 Å². The van der Waals surface area contributed by atoms with E-state index >= 15 is 0 Å². The van der Waals surface area contributed by atoms with Crippen LogP contribution in [0.5, 0.6) is 0 Å². The molecule has 3 heteroatoms. The highest BCUT2D eigenvalue weighted by atomic mass is 35.5. The van der Waals surface area contributed by atoms with Gasteiger partial charge in [0, 0.05) is 25.2 Å². The Labute approximate surface area is 104 Å². The molecular formula is C13H21ClN2. The minimum atomic E-state index is 0.552. The van der Waals surface area contributed by atoms with E-state index in [1.807, 2.05) is 12.3 Å². The van der Waals surface area contributed by atoms with Gasteiger partial charge in [-0.2, -0.15) is 0 Å². The molecule has 0 aliphatic carbocycles. The van der Waals surface area contributed by atoms with Gasteiger partial charge in [0.25, 0.3) is 0 Å². The molecule has 0 N–H and O–H groups in total. The topological polar surface area (TPSA) is 16.1 Å². The minimum Gasteiger partial charge on any atom is -0.357 e. The normalized spacial score (nSPS) is 12.5. The molecule has 0 aliphatic heterocycles. The molecule has 90 valence electrons. The standard InChI is InChI=1S/C13H21ClN2/c1-4-11(3)10-16(5-2)13-8-12(9-14)6-7-15-13/h6-8,11H,4-5,9-10H2,1-3H3. The largest absolute Gasteiger partial charge is 0.357 e. The Balaban J connectivity index is 2.77. The van der Waals surface area contributed by atoms with E-state index in [1.54, 1.807) is 0 Å². The van der Waals surface area contributed by atoms with Gasteiger partial charge in [-0.25, -0.2) is 4.98 Å². The van der Waals surface area contributed by atoms with E-state index in [9.17, 15) is 0 Å². The summed E-state index contributed by atoms with van der Waals surface area (Å²) in [4.78, 5) is 6.72. The van der Waals surface area contributed by atoms with E-state index in [-0.39, 0.29) is 0 Å². The van der Waals surface area contributed by atoms with Crippen LogP contribution in [0.25, 0.3) is 0 Å². The molecule has 0 aliphatic rings. The number of halogens is 1. The Morgan fingerprint density at radius 3 is 2.75 bits per heavy atom. The molecule has 16 heavy (non-hydrogen) atoms. The lowest BCUT2D eigenvalue weighted by molar-refractivity contribution is 0.545. The number of anilines is 1. The number of aromatic nitrogens is 1. The fourth-order valence-electron chi connectivity index (χ4n) is 1.61. The van der Waals surface area contributed by atoms with Crippen LogP contribution in [0.2, 0.25) is 0 Å². The predicted octanol–water partition coefficient (Wildman–Crippen LogP) is 3.69. The van der Waals surface area contributed by atoms with Gasteiger partial charge in [0.1, 0.15) is 5.82 Å². The molecule has 1 aromatic heterocycles. The zero-order valence-electron chi connectivity index (χ0n) is 10.4. The smallest absolute Gasteiger partial charge is 0.128 e. The number of hydrogen-bond acceptors (Lipinski definition) is 2. The Morgan fingerprint density at radius 1 is 1.44 bits per heavy atom. The molecule has 0 saturated heterocycles. The van der Waals surface area contributed by atoms with Crippen molar-refractivity contribution < 1.29 is 0 Å².